The Hall–Kier alpha value is -2.05. The summed E-state index contributed by atoms with van der Waals surface area (Å²) in [6.45, 7) is 1.80. The molecule has 1 heterocycles. The fourth-order valence-corrected chi connectivity index (χ4v) is 2.08. The molecule has 7 nitrogen and oxygen atoms in total. The number of para-hydroxylation sites is 1. The van der Waals surface area contributed by atoms with Crippen molar-refractivity contribution in [1.29, 1.82) is 0 Å². The van der Waals surface area contributed by atoms with Crippen LogP contribution in [0.1, 0.15) is 18.3 Å². The van der Waals surface area contributed by atoms with Gasteiger partial charge in [0, 0.05) is 19.2 Å². The maximum absolute atomic E-state index is 12.4. The van der Waals surface area contributed by atoms with E-state index in [-0.39, 0.29) is 36.3 Å². The first-order chi connectivity index (χ1) is 12.4. The summed E-state index contributed by atoms with van der Waals surface area (Å²) in [6, 6.07) is 6.53. The van der Waals surface area contributed by atoms with Crippen LogP contribution in [0.3, 0.4) is 0 Å². The highest BCUT2D eigenvalue weighted by Gasteiger charge is 2.28. The molecule has 2 rings (SSSR count). The summed E-state index contributed by atoms with van der Waals surface area (Å²) < 4.78 is 43.6. The van der Waals surface area contributed by atoms with Crippen molar-refractivity contribution < 1.29 is 17.9 Å². The molecular weight excluding hydrogens is 476 g/mol. The van der Waals surface area contributed by atoms with Crippen LogP contribution in [-0.2, 0) is 20.1 Å². The number of aromatic nitrogens is 3. The van der Waals surface area contributed by atoms with Crippen LogP contribution >= 0.6 is 24.0 Å². The standard InChI is InChI=1S/C16H21F3N6O.HI/c1-3-20-15(22-9-14-23-11-24-25(14)2)21-8-12-6-4-5-7-13(12)26-10-16(17,18)19;/h4-7,11H,3,8-10H2,1-2H3,(H2,20,21,22);1H. The Kier molecular flexibility index (Phi) is 9.32. The number of hydrogen-bond acceptors (Lipinski definition) is 4. The van der Waals surface area contributed by atoms with Crippen molar-refractivity contribution in [3.05, 3.63) is 42.0 Å². The Labute approximate surface area is 172 Å². The van der Waals surface area contributed by atoms with E-state index < -0.39 is 12.8 Å². The first-order valence-electron chi connectivity index (χ1n) is 8.01. The summed E-state index contributed by atoms with van der Waals surface area (Å²) in [4.78, 5) is 8.50. The van der Waals surface area contributed by atoms with Gasteiger partial charge in [0.15, 0.2) is 12.6 Å². The molecule has 0 fully saturated rings. The SMILES string of the molecule is CCNC(=NCc1ccccc1OCC(F)(F)F)NCc1ncnn1C.I. The molecule has 0 atom stereocenters. The highest BCUT2D eigenvalue weighted by Crippen LogP contribution is 2.22. The molecule has 0 bridgehead atoms. The molecule has 11 heteroatoms. The molecule has 150 valence electrons. The third kappa shape index (κ3) is 8.01. The fourth-order valence-electron chi connectivity index (χ4n) is 2.08. The number of halogens is 4. The molecule has 0 aliphatic rings. The number of hydrogen-bond donors (Lipinski definition) is 2. The molecule has 0 aliphatic heterocycles. The van der Waals surface area contributed by atoms with Gasteiger partial charge < -0.3 is 15.4 Å². The Balaban J connectivity index is 0.00000364. The minimum atomic E-state index is -4.39. The second kappa shape index (κ2) is 10.9. The number of alkyl halides is 3. The molecular formula is C16H22F3IN6O. The maximum Gasteiger partial charge on any atom is 0.422 e. The number of aliphatic imine (C=N–C) groups is 1. The largest absolute Gasteiger partial charge is 0.484 e. The van der Waals surface area contributed by atoms with Gasteiger partial charge in [0.25, 0.3) is 0 Å². The average molecular weight is 498 g/mol. The van der Waals surface area contributed by atoms with Crippen molar-refractivity contribution in [3.8, 4) is 5.75 Å². The second-order valence-corrected chi connectivity index (χ2v) is 5.36. The first kappa shape index (κ1) is 23.0. The lowest BCUT2D eigenvalue weighted by atomic mass is 10.2. The van der Waals surface area contributed by atoms with Gasteiger partial charge in [-0.05, 0) is 13.0 Å². The van der Waals surface area contributed by atoms with Gasteiger partial charge in [-0.2, -0.15) is 18.3 Å². The van der Waals surface area contributed by atoms with Crippen molar-refractivity contribution in [2.75, 3.05) is 13.2 Å². The Bertz CT molecular complexity index is 735. The van der Waals surface area contributed by atoms with Crippen LogP contribution in [0.4, 0.5) is 13.2 Å². The van der Waals surface area contributed by atoms with Crippen molar-refractivity contribution >= 4 is 29.9 Å². The van der Waals surface area contributed by atoms with Gasteiger partial charge in [-0.15, -0.1) is 24.0 Å². The van der Waals surface area contributed by atoms with Crippen LogP contribution in [-0.4, -0.2) is 40.1 Å². The van der Waals surface area contributed by atoms with E-state index in [1.807, 2.05) is 6.92 Å². The van der Waals surface area contributed by atoms with Crippen LogP contribution in [0.15, 0.2) is 35.6 Å². The quantitative estimate of drug-likeness (QED) is 0.349. The van der Waals surface area contributed by atoms with E-state index in [2.05, 4.69) is 25.7 Å². The summed E-state index contributed by atoms with van der Waals surface area (Å²) in [5.41, 5.74) is 0.563. The molecule has 2 aromatic rings. The minimum absolute atomic E-state index is 0. The molecule has 2 N–H and O–H groups in total. The average Bonchev–Trinajstić information content (AvgIpc) is 3.00. The molecule has 0 aliphatic carbocycles. The molecule has 1 aromatic heterocycles. The van der Waals surface area contributed by atoms with Crippen molar-refractivity contribution in [3.63, 3.8) is 0 Å². The molecule has 0 amide bonds. The van der Waals surface area contributed by atoms with E-state index >= 15 is 0 Å². The van der Waals surface area contributed by atoms with Crippen LogP contribution in [0.2, 0.25) is 0 Å². The molecule has 0 saturated carbocycles. The topological polar surface area (TPSA) is 76.4 Å². The predicted molar refractivity (Wildman–Crippen MR) is 106 cm³/mol. The Morgan fingerprint density at radius 2 is 2.00 bits per heavy atom. The molecule has 1 aromatic carbocycles. The van der Waals surface area contributed by atoms with Gasteiger partial charge in [-0.3, -0.25) is 4.68 Å². The number of rotatable bonds is 7. The van der Waals surface area contributed by atoms with E-state index in [1.54, 1.807) is 29.9 Å². The summed E-state index contributed by atoms with van der Waals surface area (Å²) >= 11 is 0. The van der Waals surface area contributed by atoms with Gasteiger partial charge in [-0.1, -0.05) is 18.2 Å². The van der Waals surface area contributed by atoms with Crippen LogP contribution in [0.5, 0.6) is 5.75 Å². The summed E-state index contributed by atoms with van der Waals surface area (Å²) in [7, 11) is 1.78. The normalized spacial score (nSPS) is 11.7. The maximum atomic E-state index is 12.4. The number of benzene rings is 1. The van der Waals surface area contributed by atoms with E-state index in [1.165, 1.54) is 12.4 Å². The highest BCUT2D eigenvalue weighted by atomic mass is 127. The third-order valence-electron chi connectivity index (χ3n) is 3.33. The smallest absolute Gasteiger partial charge is 0.422 e. The van der Waals surface area contributed by atoms with Crippen molar-refractivity contribution in [1.82, 2.24) is 25.4 Å². The summed E-state index contributed by atoms with van der Waals surface area (Å²) in [5, 5.41) is 10.2. The van der Waals surface area contributed by atoms with Crippen LogP contribution in [0, 0.1) is 0 Å². The molecule has 0 saturated heterocycles. The zero-order valence-electron chi connectivity index (χ0n) is 15.0. The zero-order chi connectivity index (χ0) is 19.0. The molecule has 0 spiro atoms. The van der Waals surface area contributed by atoms with E-state index in [0.29, 0.717) is 24.6 Å². The Morgan fingerprint density at radius 1 is 1.26 bits per heavy atom. The van der Waals surface area contributed by atoms with Gasteiger partial charge in [0.1, 0.15) is 17.9 Å². The lowest BCUT2D eigenvalue weighted by molar-refractivity contribution is -0.153. The fraction of sp³-hybridized carbons (Fsp3) is 0.438. The zero-order valence-corrected chi connectivity index (χ0v) is 17.3. The number of ether oxygens (including phenoxy) is 1. The van der Waals surface area contributed by atoms with E-state index in [4.69, 9.17) is 4.74 Å². The molecule has 27 heavy (non-hydrogen) atoms. The van der Waals surface area contributed by atoms with Gasteiger partial charge in [0.2, 0.25) is 0 Å². The predicted octanol–water partition coefficient (Wildman–Crippen LogP) is 2.63. The molecule has 0 radical (unpaired) electrons. The summed E-state index contributed by atoms with van der Waals surface area (Å²) in [5.74, 6) is 1.41. The lowest BCUT2D eigenvalue weighted by Crippen LogP contribution is -2.37. The Morgan fingerprint density at radius 3 is 2.63 bits per heavy atom. The highest BCUT2D eigenvalue weighted by molar-refractivity contribution is 14.0. The first-order valence-corrected chi connectivity index (χ1v) is 8.01. The van der Waals surface area contributed by atoms with E-state index in [0.717, 1.165) is 5.82 Å². The lowest BCUT2D eigenvalue weighted by Gasteiger charge is -2.13. The van der Waals surface area contributed by atoms with Gasteiger partial charge >= 0.3 is 6.18 Å². The van der Waals surface area contributed by atoms with E-state index in [9.17, 15) is 13.2 Å². The third-order valence-corrected chi connectivity index (χ3v) is 3.33. The van der Waals surface area contributed by atoms with Crippen LogP contribution < -0.4 is 15.4 Å². The van der Waals surface area contributed by atoms with Crippen molar-refractivity contribution in [2.45, 2.75) is 26.2 Å². The van der Waals surface area contributed by atoms with Crippen molar-refractivity contribution in [2.24, 2.45) is 12.0 Å². The minimum Gasteiger partial charge on any atom is -0.484 e. The monoisotopic (exact) mass is 498 g/mol. The van der Waals surface area contributed by atoms with Crippen LogP contribution in [0.25, 0.3) is 0 Å². The number of guanidine groups is 1. The number of aryl methyl sites for hydroxylation is 1. The van der Waals surface area contributed by atoms with Gasteiger partial charge in [-0.25, -0.2) is 9.98 Å². The number of nitrogens with one attached hydrogen (secondary N) is 2. The van der Waals surface area contributed by atoms with Gasteiger partial charge in [0.05, 0.1) is 13.1 Å². The summed E-state index contributed by atoms with van der Waals surface area (Å²) in [6.07, 6.45) is -2.93. The number of nitrogens with zero attached hydrogens (tertiary/aromatic N) is 4. The molecule has 0 unspecified atom stereocenters. The second-order valence-electron chi connectivity index (χ2n) is 5.36.